The molecule has 19 heavy (non-hydrogen) atoms. The summed E-state index contributed by atoms with van der Waals surface area (Å²) >= 11 is 0. The summed E-state index contributed by atoms with van der Waals surface area (Å²) in [5.74, 6) is -0.929. The molecule has 1 atom stereocenters. The molecule has 6 heteroatoms. The predicted molar refractivity (Wildman–Crippen MR) is 72.9 cm³/mol. The summed E-state index contributed by atoms with van der Waals surface area (Å²) in [6.45, 7) is 10.5. The molecule has 0 aromatic carbocycles. The molecule has 0 spiro atoms. The number of carbonyl (C=O) groups is 2. The van der Waals surface area contributed by atoms with Gasteiger partial charge < -0.3 is 15.3 Å². The SMILES string of the molecule is C=C(C)CN(CC)C(=O)CN1CCNCC1C(=O)O. The lowest BCUT2D eigenvalue weighted by Gasteiger charge is -2.34. The predicted octanol–water partition coefficient (Wildman–Crippen LogP) is -0.231. The molecular weight excluding hydrogens is 246 g/mol. The smallest absolute Gasteiger partial charge is 0.322 e. The molecule has 1 unspecified atom stereocenters. The van der Waals surface area contributed by atoms with Gasteiger partial charge in [0.15, 0.2) is 0 Å². The number of aliphatic carboxylic acids is 1. The number of carboxylic acid groups (broad SMARTS) is 1. The molecule has 1 fully saturated rings. The van der Waals surface area contributed by atoms with Crippen LogP contribution in [0.5, 0.6) is 0 Å². The number of carbonyl (C=O) groups excluding carboxylic acids is 1. The van der Waals surface area contributed by atoms with Crippen molar-refractivity contribution in [1.29, 1.82) is 0 Å². The average molecular weight is 269 g/mol. The second-order valence-electron chi connectivity index (χ2n) is 4.89. The maximum absolute atomic E-state index is 12.2. The Morgan fingerprint density at radius 1 is 1.53 bits per heavy atom. The minimum atomic E-state index is -0.886. The van der Waals surface area contributed by atoms with Gasteiger partial charge in [-0.2, -0.15) is 0 Å². The molecule has 0 radical (unpaired) electrons. The highest BCUT2D eigenvalue weighted by Crippen LogP contribution is 2.06. The summed E-state index contributed by atoms with van der Waals surface area (Å²) in [5.41, 5.74) is 0.922. The third-order valence-corrected chi connectivity index (χ3v) is 3.17. The van der Waals surface area contributed by atoms with Crippen molar-refractivity contribution in [3.63, 3.8) is 0 Å². The number of piperazine rings is 1. The minimum Gasteiger partial charge on any atom is -0.480 e. The Hall–Kier alpha value is -1.40. The summed E-state index contributed by atoms with van der Waals surface area (Å²) in [4.78, 5) is 26.7. The van der Waals surface area contributed by atoms with Crippen molar-refractivity contribution in [3.8, 4) is 0 Å². The van der Waals surface area contributed by atoms with E-state index in [-0.39, 0.29) is 12.5 Å². The van der Waals surface area contributed by atoms with E-state index in [0.717, 1.165) is 5.57 Å². The largest absolute Gasteiger partial charge is 0.480 e. The lowest BCUT2D eigenvalue weighted by atomic mass is 10.2. The summed E-state index contributed by atoms with van der Waals surface area (Å²) in [5, 5.41) is 12.2. The van der Waals surface area contributed by atoms with Crippen LogP contribution >= 0.6 is 0 Å². The second kappa shape index (κ2) is 7.25. The lowest BCUT2D eigenvalue weighted by molar-refractivity contribution is -0.145. The van der Waals surface area contributed by atoms with Gasteiger partial charge in [0, 0.05) is 32.7 Å². The van der Waals surface area contributed by atoms with Crippen LogP contribution in [-0.2, 0) is 9.59 Å². The number of nitrogens with one attached hydrogen (secondary N) is 1. The molecule has 1 heterocycles. The van der Waals surface area contributed by atoms with Gasteiger partial charge in [-0.05, 0) is 13.8 Å². The van der Waals surface area contributed by atoms with Crippen molar-refractivity contribution in [3.05, 3.63) is 12.2 Å². The summed E-state index contributed by atoms with van der Waals surface area (Å²) in [7, 11) is 0. The summed E-state index contributed by atoms with van der Waals surface area (Å²) in [6, 6.07) is -0.624. The molecule has 108 valence electrons. The highest BCUT2D eigenvalue weighted by Gasteiger charge is 2.30. The molecule has 1 amide bonds. The van der Waals surface area contributed by atoms with E-state index in [1.807, 2.05) is 13.8 Å². The average Bonchev–Trinajstić information content (AvgIpc) is 2.35. The first kappa shape index (κ1) is 15.7. The number of nitrogens with zero attached hydrogens (tertiary/aromatic N) is 2. The van der Waals surface area contributed by atoms with Gasteiger partial charge in [-0.25, -0.2) is 0 Å². The van der Waals surface area contributed by atoms with Gasteiger partial charge in [-0.1, -0.05) is 12.2 Å². The molecule has 2 N–H and O–H groups in total. The first-order chi connectivity index (χ1) is 8.95. The molecule has 6 nitrogen and oxygen atoms in total. The minimum absolute atomic E-state index is 0.0429. The van der Waals surface area contributed by atoms with Gasteiger partial charge in [-0.15, -0.1) is 0 Å². The van der Waals surface area contributed by atoms with Gasteiger partial charge in [0.05, 0.1) is 6.54 Å². The molecule has 1 aliphatic rings. The van der Waals surface area contributed by atoms with Crippen LogP contribution in [0.2, 0.25) is 0 Å². The van der Waals surface area contributed by atoms with Crippen molar-refractivity contribution in [1.82, 2.24) is 15.1 Å². The van der Waals surface area contributed by atoms with Crippen molar-refractivity contribution in [2.75, 3.05) is 39.3 Å². The second-order valence-corrected chi connectivity index (χ2v) is 4.89. The molecule has 0 aromatic heterocycles. The molecule has 1 rings (SSSR count). The van der Waals surface area contributed by atoms with E-state index >= 15 is 0 Å². The third-order valence-electron chi connectivity index (χ3n) is 3.17. The van der Waals surface area contributed by atoms with Crippen molar-refractivity contribution in [2.24, 2.45) is 0 Å². The quantitative estimate of drug-likeness (QED) is 0.652. The molecular formula is C13H23N3O3. The Bertz CT molecular complexity index is 357. The Morgan fingerprint density at radius 3 is 2.74 bits per heavy atom. The summed E-state index contributed by atoms with van der Waals surface area (Å²) in [6.07, 6.45) is 0. The van der Waals surface area contributed by atoms with E-state index in [9.17, 15) is 9.59 Å². The topological polar surface area (TPSA) is 72.9 Å². The van der Waals surface area contributed by atoms with Crippen LogP contribution in [0.4, 0.5) is 0 Å². The molecule has 0 aromatic rings. The van der Waals surface area contributed by atoms with E-state index in [1.54, 1.807) is 9.80 Å². The monoisotopic (exact) mass is 269 g/mol. The zero-order valence-corrected chi connectivity index (χ0v) is 11.7. The van der Waals surface area contributed by atoms with E-state index in [1.165, 1.54) is 0 Å². The molecule has 0 saturated carbocycles. The number of hydrogen-bond acceptors (Lipinski definition) is 4. The molecule has 0 aliphatic carbocycles. The van der Waals surface area contributed by atoms with Gasteiger partial charge in [0.25, 0.3) is 0 Å². The zero-order valence-electron chi connectivity index (χ0n) is 11.7. The maximum atomic E-state index is 12.2. The number of carboxylic acids is 1. The van der Waals surface area contributed by atoms with E-state index in [0.29, 0.717) is 32.7 Å². The van der Waals surface area contributed by atoms with Crippen molar-refractivity contribution >= 4 is 11.9 Å². The fourth-order valence-electron chi connectivity index (χ4n) is 2.16. The van der Waals surface area contributed by atoms with Crippen LogP contribution in [0.25, 0.3) is 0 Å². The molecule has 0 bridgehead atoms. The van der Waals surface area contributed by atoms with Crippen LogP contribution < -0.4 is 5.32 Å². The number of rotatable bonds is 6. The Labute approximate surface area is 114 Å². The van der Waals surface area contributed by atoms with Crippen LogP contribution in [0, 0.1) is 0 Å². The van der Waals surface area contributed by atoms with Crippen LogP contribution in [0.15, 0.2) is 12.2 Å². The highest BCUT2D eigenvalue weighted by atomic mass is 16.4. The van der Waals surface area contributed by atoms with Crippen molar-refractivity contribution < 1.29 is 14.7 Å². The Kier molecular flexibility index (Phi) is 5.98. The van der Waals surface area contributed by atoms with Crippen molar-refractivity contribution in [2.45, 2.75) is 19.9 Å². The lowest BCUT2D eigenvalue weighted by Crippen LogP contribution is -2.57. The fraction of sp³-hybridized carbons (Fsp3) is 0.692. The van der Waals surface area contributed by atoms with E-state index in [4.69, 9.17) is 5.11 Å². The van der Waals surface area contributed by atoms with Gasteiger partial charge in [0.1, 0.15) is 6.04 Å². The number of likely N-dealkylation sites (N-methyl/N-ethyl adjacent to an activating group) is 1. The first-order valence-corrected chi connectivity index (χ1v) is 6.55. The molecule has 1 saturated heterocycles. The Balaban J connectivity index is 2.62. The maximum Gasteiger partial charge on any atom is 0.322 e. The normalized spacial score (nSPS) is 20.0. The molecule has 1 aliphatic heterocycles. The summed E-state index contributed by atoms with van der Waals surface area (Å²) < 4.78 is 0. The third kappa shape index (κ3) is 4.65. The fourth-order valence-corrected chi connectivity index (χ4v) is 2.16. The number of amides is 1. The zero-order chi connectivity index (χ0) is 14.4. The Morgan fingerprint density at radius 2 is 2.21 bits per heavy atom. The van der Waals surface area contributed by atoms with Crippen LogP contribution in [0.3, 0.4) is 0 Å². The van der Waals surface area contributed by atoms with Gasteiger partial charge in [-0.3, -0.25) is 14.5 Å². The van der Waals surface area contributed by atoms with Gasteiger partial charge >= 0.3 is 5.97 Å². The van der Waals surface area contributed by atoms with Gasteiger partial charge in [0.2, 0.25) is 5.91 Å². The highest BCUT2D eigenvalue weighted by molar-refractivity contribution is 5.80. The number of hydrogen-bond donors (Lipinski definition) is 2. The standard InChI is InChI=1S/C13H23N3O3/c1-4-15(8-10(2)3)12(17)9-16-6-5-14-7-11(16)13(18)19/h11,14H,2,4-9H2,1,3H3,(H,18,19). The first-order valence-electron chi connectivity index (χ1n) is 6.55. The van der Waals surface area contributed by atoms with E-state index < -0.39 is 12.0 Å². The van der Waals surface area contributed by atoms with Crippen LogP contribution in [-0.4, -0.2) is 72.1 Å². The van der Waals surface area contributed by atoms with E-state index in [2.05, 4.69) is 11.9 Å². The van der Waals surface area contributed by atoms with Crippen LogP contribution in [0.1, 0.15) is 13.8 Å².